The van der Waals surface area contributed by atoms with Crippen LogP contribution in [0.15, 0.2) is 24.3 Å². The maximum Gasteiger partial charge on any atom is 0.0236 e. The van der Waals surface area contributed by atoms with Crippen molar-refractivity contribution in [3.8, 4) is 0 Å². The van der Waals surface area contributed by atoms with E-state index in [1.165, 1.54) is 36.8 Å². The molecule has 120 valence electrons. The van der Waals surface area contributed by atoms with Crippen LogP contribution in [0.1, 0.15) is 64.5 Å². The zero-order valence-electron chi connectivity index (χ0n) is 14.5. The fourth-order valence-electron chi connectivity index (χ4n) is 2.66. The molecule has 0 saturated heterocycles. The minimum Gasteiger partial charge on any atom is -0.310 e. The fourth-order valence-corrected chi connectivity index (χ4v) is 2.66. The first kappa shape index (κ1) is 18.2. The standard InChI is InChI=1S/C19H34N2/c1-5-8-9-12-17(4)20-15-18-13-10-11-14-19(18)16-21(6-2)7-3/h10-11,13-14,17,20H,5-9,12,15-16H2,1-4H3. The van der Waals surface area contributed by atoms with Gasteiger partial charge < -0.3 is 5.32 Å². The summed E-state index contributed by atoms with van der Waals surface area (Å²) >= 11 is 0. The van der Waals surface area contributed by atoms with E-state index in [4.69, 9.17) is 0 Å². The van der Waals surface area contributed by atoms with Crippen molar-refractivity contribution in [2.45, 2.75) is 72.5 Å². The summed E-state index contributed by atoms with van der Waals surface area (Å²) in [5.41, 5.74) is 2.92. The van der Waals surface area contributed by atoms with Gasteiger partial charge in [0.05, 0.1) is 0 Å². The minimum atomic E-state index is 0.609. The topological polar surface area (TPSA) is 15.3 Å². The SMILES string of the molecule is CCCCCC(C)NCc1ccccc1CN(CC)CC. The van der Waals surface area contributed by atoms with E-state index in [1.54, 1.807) is 0 Å². The Kier molecular flexibility index (Phi) is 9.36. The molecule has 0 amide bonds. The van der Waals surface area contributed by atoms with Gasteiger partial charge in [-0.25, -0.2) is 0 Å². The van der Waals surface area contributed by atoms with Gasteiger partial charge in [0.2, 0.25) is 0 Å². The summed E-state index contributed by atoms with van der Waals surface area (Å²) in [5, 5.41) is 3.69. The molecule has 0 aliphatic heterocycles. The Morgan fingerprint density at radius 2 is 1.67 bits per heavy atom. The second kappa shape index (κ2) is 10.8. The predicted molar refractivity (Wildman–Crippen MR) is 93.5 cm³/mol. The molecule has 0 saturated carbocycles. The van der Waals surface area contributed by atoms with Gasteiger partial charge in [-0.15, -0.1) is 0 Å². The van der Waals surface area contributed by atoms with E-state index in [0.29, 0.717) is 6.04 Å². The van der Waals surface area contributed by atoms with Gasteiger partial charge in [0.25, 0.3) is 0 Å². The van der Waals surface area contributed by atoms with Crippen molar-refractivity contribution in [2.24, 2.45) is 0 Å². The van der Waals surface area contributed by atoms with Gasteiger partial charge in [0.1, 0.15) is 0 Å². The van der Waals surface area contributed by atoms with E-state index in [0.717, 1.165) is 26.2 Å². The van der Waals surface area contributed by atoms with E-state index in [9.17, 15) is 0 Å². The van der Waals surface area contributed by atoms with Crippen LogP contribution in [0, 0.1) is 0 Å². The molecule has 0 heterocycles. The molecule has 0 spiro atoms. The highest BCUT2D eigenvalue weighted by molar-refractivity contribution is 5.27. The molecule has 0 bridgehead atoms. The lowest BCUT2D eigenvalue weighted by atomic mass is 10.1. The zero-order chi connectivity index (χ0) is 15.5. The van der Waals surface area contributed by atoms with E-state index >= 15 is 0 Å². The maximum absolute atomic E-state index is 3.69. The maximum atomic E-state index is 3.69. The second-order valence-corrected chi connectivity index (χ2v) is 6.01. The average molecular weight is 290 g/mol. The Labute approximate surface area is 131 Å². The van der Waals surface area contributed by atoms with Crippen molar-refractivity contribution < 1.29 is 0 Å². The number of nitrogens with zero attached hydrogens (tertiary/aromatic N) is 1. The van der Waals surface area contributed by atoms with Crippen LogP contribution in [-0.2, 0) is 13.1 Å². The summed E-state index contributed by atoms with van der Waals surface area (Å²) in [5.74, 6) is 0. The summed E-state index contributed by atoms with van der Waals surface area (Å²) in [6.45, 7) is 13.3. The molecule has 2 heteroatoms. The molecule has 21 heavy (non-hydrogen) atoms. The van der Waals surface area contributed by atoms with Crippen LogP contribution in [-0.4, -0.2) is 24.0 Å². The molecule has 2 nitrogen and oxygen atoms in total. The normalized spacial score (nSPS) is 12.8. The molecule has 0 fully saturated rings. The van der Waals surface area contributed by atoms with Crippen molar-refractivity contribution in [3.05, 3.63) is 35.4 Å². The lowest BCUT2D eigenvalue weighted by Crippen LogP contribution is -2.27. The third-order valence-electron chi connectivity index (χ3n) is 4.29. The number of unbranched alkanes of at least 4 members (excludes halogenated alkanes) is 2. The Hall–Kier alpha value is -0.860. The molecule has 0 radical (unpaired) electrons. The summed E-state index contributed by atoms with van der Waals surface area (Å²) in [6.07, 6.45) is 5.28. The van der Waals surface area contributed by atoms with Crippen molar-refractivity contribution in [1.29, 1.82) is 0 Å². The van der Waals surface area contributed by atoms with Gasteiger partial charge in [-0.1, -0.05) is 64.3 Å². The smallest absolute Gasteiger partial charge is 0.0236 e. The first-order chi connectivity index (χ1) is 10.2. The first-order valence-electron chi connectivity index (χ1n) is 8.73. The van der Waals surface area contributed by atoms with Crippen LogP contribution in [0.3, 0.4) is 0 Å². The number of nitrogens with one attached hydrogen (secondary N) is 1. The van der Waals surface area contributed by atoms with E-state index in [-0.39, 0.29) is 0 Å². The van der Waals surface area contributed by atoms with Gasteiger partial charge in [-0.3, -0.25) is 4.90 Å². The molecule has 1 rings (SSSR count). The van der Waals surface area contributed by atoms with Gasteiger partial charge in [-0.05, 0) is 37.6 Å². The summed E-state index contributed by atoms with van der Waals surface area (Å²) in [7, 11) is 0. The van der Waals surface area contributed by atoms with Crippen LogP contribution in [0.5, 0.6) is 0 Å². The van der Waals surface area contributed by atoms with Gasteiger partial charge in [0.15, 0.2) is 0 Å². The van der Waals surface area contributed by atoms with Gasteiger partial charge >= 0.3 is 0 Å². The van der Waals surface area contributed by atoms with Crippen LogP contribution >= 0.6 is 0 Å². The molecular weight excluding hydrogens is 256 g/mol. The number of hydrogen-bond donors (Lipinski definition) is 1. The summed E-state index contributed by atoms with van der Waals surface area (Å²) in [6, 6.07) is 9.47. The van der Waals surface area contributed by atoms with Gasteiger partial charge in [0, 0.05) is 19.1 Å². The van der Waals surface area contributed by atoms with Crippen LogP contribution in [0.4, 0.5) is 0 Å². The molecule has 1 aromatic carbocycles. The molecule has 1 aromatic rings. The molecular formula is C19H34N2. The third-order valence-corrected chi connectivity index (χ3v) is 4.29. The summed E-state index contributed by atoms with van der Waals surface area (Å²) in [4.78, 5) is 2.48. The Bertz CT molecular complexity index is 372. The van der Waals surface area contributed by atoms with Crippen LogP contribution in [0.25, 0.3) is 0 Å². The summed E-state index contributed by atoms with van der Waals surface area (Å²) < 4.78 is 0. The fraction of sp³-hybridized carbons (Fsp3) is 0.684. The van der Waals surface area contributed by atoms with Crippen molar-refractivity contribution in [1.82, 2.24) is 10.2 Å². The molecule has 1 atom stereocenters. The Balaban J connectivity index is 2.50. The molecule has 0 aromatic heterocycles. The molecule has 1 unspecified atom stereocenters. The largest absolute Gasteiger partial charge is 0.310 e. The lowest BCUT2D eigenvalue weighted by molar-refractivity contribution is 0.294. The number of hydrogen-bond acceptors (Lipinski definition) is 2. The molecule has 0 aliphatic rings. The Morgan fingerprint density at radius 1 is 1.00 bits per heavy atom. The van der Waals surface area contributed by atoms with Crippen molar-refractivity contribution in [3.63, 3.8) is 0 Å². The quantitative estimate of drug-likeness (QED) is 0.600. The molecule has 1 N–H and O–H groups in total. The average Bonchev–Trinajstić information content (AvgIpc) is 2.51. The van der Waals surface area contributed by atoms with Crippen LogP contribution < -0.4 is 5.32 Å². The number of benzene rings is 1. The van der Waals surface area contributed by atoms with Crippen molar-refractivity contribution >= 4 is 0 Å². The Morgan fingerprint density at radius 3 is 2.29 bits per heavy atom. The van der Waals surface area contributed by atoms with E-state index in [2.05, 4.69) is 62.2 Å². The highest BCUT2D eigenvalue weighted by Gasteiger charge is 2.07. The highest BCUT2D eigenvalue weighted by Crippen LogP contribution is 2.12. The molecule has 0 aliphatic carbocycles. The van der Waals surface area contributed by atoms with E-state index in [1.807, 2.05) is 0 Å². The number of rotatable bonds is 11. The van der Waals surface area contributed by atoms with Gasteiger partial charge in [-0.2, -0.15) is 0 Å². The van der Waals surface area contributed by atoms with Crippen molar-refractivity contribution in [2.75, 3.05) is 13.1 Å². The van der Waals surface area contributed by atoms with Crippen LogP contribution in [0.2, 0.25) is 0 Å². The highest BCUT2D eigenvalue weighted by atomic mass is 15.1. The second-order valence-electron chi connectivity index (χ2n) is 6.01. The third kappa shape index (κ3) is 7.10. The minimum absolute atomic E-state index is 0.609. The monoisotopic (exact) mass is 290 g/mol. The first-order valence-corrected chi connectivity index (χ1v) is 8.73. The predicted octanol–water partition coefficient (Wildman–Crippen LogP) is 4.59. The van der Waals surface area contributed by atoms with E-state index < -0.39 is 0 Å². The lowest BCUT2D eigenvalue weighted by Gasteiger charge is -2.21. The zero-order valence-corrected chi connectivity index (χ0v) is 14.5.